The molecule has 0 aliphatic carbocycles. The number of halogens is 6. The lowest BCUT2D eigenvalue weighted by atomic mass is 10.0. The third-order valence-electron chi connectivity index (χ3n) is 4.57. The fraction of sp³-hybridized carbons (Fsp3) is 0.364. The molecule has 0 spiro atoms. The van der Waals surface area contributed by atoms with Gasteiger partial charge >= 0.3 is 18.3 Å². The summed E-state index contributed by atoms with van der Waals surface area (Å²) >= 11 is 11.8. The Kier molecular flexibility index (Phi) is 10.4. The Morgan fingerprint density at radius 3 is 2.40 bits per heavy atom. The Bertz CT molecular complexity index is 1040. The number of alkyl halides is 4. The number of amides is 1. The highest BCUT2D eigenvalue weighted by Gasteiger charge is 2.42. The highest BCUT2D eigenvalue weighted by molar-refractivity contribution is 6.35. The van der Waals surface area contributed by atoms with Crippen LogP contribution in [0, 0.1) is 0 Å². The average molecular weight is 542 g/mol. The molecule has 0 aromatic heterocycles. The number of carboxylic acids is 1. The van der Waals surface area contributed by atoms with Gasteiger partial charge in [0.25, 0.3) is 5.91 Å². The molecule has 2 aromatic rings. The topological polar surface area (TPSA) is 94.1 Å². The average Bonchev–Trinajstić information content (AvgIpc) is 2.79. The Labute approximate surface area is 207 Å². The molecule has 0 heterocycles. The predicted molar refractivity (Wildman–Crippen MR) is 119 cm³/mol. The quantitative estimate of drug-likeness (QED) is 0.360. The molecule has 7 nitrogen and oxygen atoms in total. The number of hydrogen-bond acceptors (Lipinski definition) is 5. The number of carbonyl (C=O) groups is 2. The molecule has 1 amide bonds. The molecule has 0 bridgehead atoms. The molecule has 0 radical (unpaired) electrons. The minimum absolute atomic E-state index is 0.0460. The van der Waals surface area contributed by atoms with E-state index in [1.54, 1.807) is 6.07 Å². The number of benzene rings is 2. The minimum Gasteiger partial charge on any atom is -0.496 e. The molecule has 13 heteroatoms. The van der Waals surface area contributed by atoms with Crippen molar-refractivity contribution in [3.8, 4) is 11.5 Å². The summed E-state index contributed by atoms with van der Waals surface area (Å²) in [5.41, 5.74) is 0.761. The van der Waals surface area contributed by atoms with E-state index in [9.17, 15) is 32.3 Å². The molecule has 2 rings (SSSR count). The molecule has 0 saturated heterocycles. The molecule has 1 unspecified atom stereocenters. The molecular weight excluding hydrogens is 521 g/mol. The van der Waals surface area contributed by atoms with E-state index >= 15 is 0 Å². The van der Waals surface area contributed by atoms with Crippen molar-refractivity contribution in [2.24, 2.45) is 0 Å². The van der Waals surface area contributed by atoms with Crippen LogP contribution in [0.5, 0.6) is 11.5 Å². The maximum atomic E-state index is 13.1. The van der Waals surface area contributed by atoms with E-state index in [1.807, 2.05) is 0 Å². The van der Waals surface area contributed by atoms with Crippen LogP contribution in [0.25, 0.3) is 0 Å². The van der Waals surface area contributed by atoms with Crippen LogP contribution in [0.3, 0.4) is 0 Å². The lowest BCUT2D eigenvalue weighted by Crippen LogP contribution is -2.37. The van der Waals surface area contributed by atoms with E-state index in [0.29, 0.717) is 21.9 Å². The van der Waals surface area contributed by atoms with Gasteiger partial charge in [-0.25, -0.2) is 13.6 Å². The molecule has 35 heavy (non-hydrogen) atoms. The summed E-state index contributed by atoms with van der Waals surface area (Å²) in [5.74, 6) is -5.99. The van der Waals surface area contributed by atoms with Gasteiger partial charge in [-0.15, -0.1) is 0 Å². The lowest BCUT2D eigenvalue weighted by molar-refractivity contribution is -0.185. The van der Waals surface area contributed by atoms with E-state index < -0.39 is 43.4 Å². The normalized spacial score (nSPS) is 12.3. The van der Waals surface area contributed by atoms with Crippen molar-refractivity contribution < 1.29 is 46.5 Å². The second-order valence-corrected chi connectivity index (χ2v) is 8.03. The van der Waals surface area contributed by atoms with Crippen LogP contribution in [-0.4, -0.2) is 55.8 Å². The van der Waals surface area contributed by atoms with E-state index in [2.05, 4.69) is 10.1 Å². The summed E-state index contributed by atoms with van der Waals surface area (Å²) < 4.78 is 66.0. The van der Waals surface area contributed by atoms with Crippen molar-refractivity contribution in [2.75, 3.05) is 20.3 Å². The maximum absolute atomic E-state index is 13.1. The summed E-state index contributed by atoms with van der Waals surface area (Å²) in [6, 6.07) is 8.91. The number of rotatable bonds is 13. The molecule has 0 aliphatic heterocycles. The first-order valence-corrected chi connectivity index (χ1v) is 10.7. The SMILES string of the molecule is COc1ccc(CC(OCC(F)(F)C(F)F)C(=O)O)cc1CNC(=O)COc1ccc(Cl)cc1Cl. The Morgan fingerprint density at radius 2 is 1.80 bits per heavy atom. The number of methoxy groups -OCH3 is 1. The summed E-state index contributed by atoms with van der Waals surface area (Å²) in [5, 5.41) is 12.4. The molecule has 0 fully saturated rings. The zero-order chi connectivity index (χ0) is 26.2. The van der Waals surface area contributed by atoms with Crippen molar-refractivity contribution >= 4 is 35.1 Å². The second kappa shape index (κ2) is 12.8. The molecule has 192 valence electrons. The van der Waals surface area contributed by atoms with Crippen LogP contribution < -0.4 is 14.8 Å². The molecular formula is C22H21Cl2F4NO6. The number of nitrogens with one attached hydrogen (secondary N) is 1. The van der Waals surface area contributed by atoms with Gasteiger partial charge in [0.15, 0.2) is 12.7 Å². The molecule has 2 aromatic carbocycles. The van der Waals surface area contributed by atoms with Crippen LogP contribution in [0.2, 0.25) is 10.0 Å². The third kappa shape index (κ3) is 8.75. The molecule has 0 saturated carbocycles. The number of ether oxygens (including phenoxy) is 3. The first-order chi connectivity index (χ1) is 16.4. The van der Waals surface area contributed by atoms with Crippen molar-refractivity contribution in [2.45, 2.75) is 31.4 Å². The largest absolute Gasteiger partial charge is 0.496 e. The smallest absolute Gasteiger partial charge is 0.333 e. The fourth-order valence-corrected chi connectivity index (χ4v) is 3.25. The van der Waals surface area contributed by atoms with E-state index in [0.717, 1.165) is 0 Å². The predicted octanol–water partition coefficient (Wildman–Crippen LogP) is 4.61. The maximum Gasteiger partial charge on any atom is 0.333 e. The molecule has 0 aliphatic rings. The van der Waals surface area contributed by atoms with Crippen molar-refractivity contribution in [1.82, 2.24) is 5.32 Å². The number of carbonyl (C=O) groups excluding carboxylic acids is 1. The van der Waals surface area contributed by atoms with E-state index in [1.165, 1.54) is 37.4 Å². The summed E-state index contributed by atoms with van der Waals surface area (Å²) in [4.78, 5) is 23.6. The summed E-state index contributed by atoms with van der Waals surface area (Å²) in [6.07, 6.45) is -6.18. The Hall–Kier alpha value is -2.76. The fourth-order valence-electron chi connectivity index (χ4n) is 2.78. The van der Waals surface area contributed by atoms with Gasteiger partial charge in [0, 0.05) is 23.6 Å². The highest BCUT2D eigenvalue weighted by atomic mass is 35.5. The van der Waals surface area contributed by atoms with Crippen LogP contribution in [0.1, 0.15) is 11.1 Å². The standard InChI is InChI=1S/C22H21Cl2F4NO6/c1-33-16-4-2-12(7-18(20(31)32)35-11-22(27,28)21(25)26)6-13(16)9-29-19(30)10-34-17-5-3-14(23)8-15(17)24/h2-6,8,18,21H,7,9-11H2,1H3,(H,29,30)(H,31,32). The van der Waals surface area contributed by atoms with Crippen LogP contribution >= 0.6 is 23.2 Å². The second-order valence-electron chi connectivity index (χ2n) is 7.19. The van der Waals surface area contributed by atoms with Gasteiger partial charge in [0.1, 0.15) is 18.1 Å². The Morgan fingerprint density at radius 1 is 1.11 bits per heavy atom. The zero-order valence-electron chi connectivity index (χ0n) is 18.2. The van der Waals surface area contributed by atoms with E-state index in [-0.39, 0.29) is 23.9 Å². The first-order valence-electron chi connectivity index (χ1n) is 9.93. The van der Waals surface area contributed by atoms with Crippen LogP contribution in [-0.2, 0) is 27.3 Å². The van der Waals surface area contributed by atoms with Gasteiger partial charge in [0.2, 0.25) is 0 Å². The van der Waals surface area contributed by atoms with Crippen molar-refractivity contribution in [1.29, 1.82) is 0 Å². The molecule has 1 atom stereocenters. The van der Waals surface area contributed by atoms with Gasteiger partial charge in [-0.1, -0.05) is 35.3 Å². The van der Waals surface area contributed by atoms with Crippen molar-refractivity contribution in [3.05, 3.63) is 57.6 Å². The highest BCUT2D eigenvalue weighted by Crippen LogP contribution is 2.28. The van der Waals surface area contributed by atoms with Gasteiger partial charge < -0.3 is 24.6 Å². The van der Waals surface area contributed by atoms with Gasteiger partial charge in [0.05, 0.1) is 12.1 Å². The lowest BCUT2D eigenvalue weighted by Gasteiger charge is -2.20. The number of aliphatic carboxylic acids is 1. The van der Waals surface area contributed by atoms with Crippen LogP contribution in [0.4, 0.5) is 17.6 Å². The van der Waals surface area contributed by atoms with Crippen LogP contribution in [0.15, 0.2) is 36.4 Å². The van der Waals surface area contributed by atoms with Gasteiger partial charge in [-0.3, -0.25) is 4.79 Å². The minimum atomic E-state index is -4.48. The van der Waals surface area contributed by atoms with Gasteiger partial charge in [-0.2, -0.15) is 8.78 Å². The molecule has 2 N–H and O–H groups in total. The first kappa shape index (κ1) is 28.5. The van der Waals surface area contributed by atoms with E-state index in [4.69, 9.17) is 32.7 Å². The number of hydrogen-bond donors (Lipinski definition) is 2. The zero-order valence-corrected chi connectivity index (χ0v) is 19.7. The summed E-state index contributed by atoms with van der Waals surface area (Å²) in [7, 11) is 1.38. The Balaban J connectivity index is 2.01. The summed E-state index contributed by atoms with van der Waals surface area (Å²) in [6.45, 7) is -2.16. The number of carboxylic acid groups (broad SMARTS) is 1. The van der Waals surface area contributed by atoms with Gasteiger partial charge in [-0.05, 0) is 29.8 Å². The third-order valence-corrected chi connectivity index (χ3v) is 5.10. The monoisotopic (exact) mass is 541 g/mol. The van der Waals surface area contributed by atoms with Crippen molar-refractivity contribution in [3.63, 3.8) is 0 Å².